The van der Waals surface area contributed by atoms with Crippen molar-refractivity contribution in [3.05, 3.63) is 41.2 Å². The van der Waals surface area contributed by atoms with Gasteiger partial charge in [0.1, 0.15) is 10.8 Å². The summed E-state index contributed by atoms with van der Waals surface area (Å²) in [7, 11) is 1.64. The summed E-state index contributed by atoms with van der Waals surface area (Å²) >= 11 is 6.11. The predicted molar refractivity (Wildman–Crippen MR) is 80.1 cm³/mol. The van der Waals surface area contributed by atoms with E-state index in [1.807, 2.05) is 31.2 Å². The van der Waals surface area contributed by atoms with Crippen molar-refractivity contribution < 1.29 is 9.53 Å². The quantitative estimate of drug-likeness (QED) is 0.862. The molecule has 1 N–H and O–H groups in total. The number of pyridine rings is 1. The normalized spacial score (nSPS) is 12.3. The van der Waals surface area contributed by atoms with Crippen LogP contribution >= 0.6 is 11.6 Å². The van der Waals surface area contributed by atoms with Gasteiger partial charge in [-0.05, 0) is 17.4 Å². The van der Waals surface area contributed by atoms with Gasteiger partial charge in [0.2, 0.25) is 0 Å². The predicted octanol–water partition coefficient (Wildman–Crippen LogP) is 2.90. The zero-order chi connectivity index (χ0) is 14.5. The first-order chi connectivity index (χ1) is 9.61. The van der Waals surface area contributed by atoms with Gasteiger partial charge in [-0.2, -0.15) is 0 Å². The van der Waals surface area contributed by atoms with Crippen LogP contribution in [0.5, 0.6) is 0 Å². The number of amides is 1. The van der Waals surface area contributed by atoms with E-state index in [9.17, 15) is 4.79 Å². The number of rotatable bonds is 5. The Hall–Kier alpha value is -1.65. The Balaban J connectivity index is 2.14. The van der Waals surface area contributed by atoms with Crippen LogP contribution in [0.4, 0.5) is 0 Å². The molecule has 20 heavy (non-hydrogen) atoms. The molecule has 0 radical (unpaired) electrons. The van der Waals surface area contributed by atoms with Crippen LogP contribution in [0.25, 0.3) is 10.8 Å². The van der Waals surface area contributed by atoms with Crippen LogP contribution in [0.2, 0.25) is 5.15 Å². The number of carbonyl (C=O) groups excluding carboxylic acids is 1. The Labute approximate surface area is 123 Å². The third-order valence-corrected chi connectivity index (χ3v) is 3.28. The van der Waals surface area contributed by atoms with E-state index in [2.05, 4.69) is 10.3 Å². The van der Waals surface area contributed by atoms with Crippen LogP contribution in [-0.4, -0.2) is 31.2 Å². The minimum Gasteiger partial charge on any atom is -0.384 e. The first kappa shape index (κ1) is 14.8. The molecule has 1 unspecified atom stereocenters. The van der Waals surface area contributed by atoms with Gasteiger partial charge >= 0.3 is 0 Å². The van der Waals surface area contributed by atoms with Crippen LogP contribution in [0, 0.1) is 5.92 Å². The molecular formula is C15H17ClN2O2. The number of ether oxygens (including phenoxy) is 1. The third kappa shape index (κ3) is 3.46. The number of fused-ring (bicyclic) bond motifs is 1. The first-order valence-electron chi connectivity index (χ1n) is 6.44. The summed E-state index contributed by atoms with van der Waals surface area (Å²) in [5.74, 6) is 0.0282. The third-order valence-electron chi connectivity index (χ3n) is 2.99. The molecule has 0 fully saturated rings. The zero-order valence-electron chi connectivity index (χ0n) is 11.5. The van der Waals surface area contributed by atoms with E-state index in [-0.39, 0.29) is 11.8 Å². The smallest absolute Gasteiger partial charge is 0.269 e. The van der Waals surface area contributed by atoms with Gasteiger partial charge in [-0.15, -0.1) is 0 Å². The molecule has 1 aromatic carbocycles. The number of aromatic nitrogens is 1. The lowest BCUT2D eigenvalue weighted by Gasteiger charge is -2.11. The maximum atomic E-state index is 12.1. The SMILES string of the molecule is COCC(C)CNC(=O)c1cc2ccccc2c(Cl)n1. The monoisotopic (exact) mass is 292 g/mol. The topological polar surface area (TPSA) is 51.2 Å². The maximum Gasteiger partial charge on any atom is 0.269 e. The second-order valence-electron chi connectivity index (χ2n) is 4.79. The van der Waals surface area contributed by atoms with Crippen LogP contribution in [0.15, 0.2) is 30.3 Å². The van der Waals surface area contributed by atoms with E-state index in [1.165, 1.54) is 0 Å². The van der Waals surface area contributed by atoms with E-state index in [4.69, 9.17) is 16.3 Å². The number of nitrogens with zero attached hydrogens (tertiary/aromatic N) is 1. The molecule has 2 aromatic rings. The Morgan fingerprint density at radius 1 is 1.45 bits per heavy atom. The fraction of sp³-hybridized carbons (Fsp3) is 0.333. The van der Waals surface area contributed by atoms with E-state index in [0.717, 1.165) is 10.8 Å². The van der Waals surface area contributed by atoms with Crippen molar-refractivity contribution in [3.63, 3.8) is 0 Å². The molecule has 0 aliphatic rings. The largest absolute Gasteiger partial charge is 0.384 e. The van der Waals surface area contributed by atoms with Gasteiger partial charge in [0.15, 0.2) is 0 Å². The lowest BCUT2D eigenvalue weighted by molar-refractivity contribution is 0.0929. The average Bonchev–Trinajstić information content (AvgIpc) is 2.45. The number of methoxy groups -OCH3 is 1. The fourth-order valence-electron chi connectivity index (χ4n) is 1.97. The average molecular weight is 293 g/mol. The number of benzene rings is 1. The highest BCUT2D eigenvalue weighted by Gasteiger charge is 2.12. The van der Waals surface area contributed by atoms with E-state index in [1.54, 1.807) is 13.2 Å². The summed E-state index contributed by atoms with van der Waals surface area (Å²) < 4.78 is 5.03. The van der Waals surface area contributed by atoms with Crippen molar-refractivity contribution in [2.45, 2.75) is 6.92 Å². The number of hydrogen-bond acceptors (Lipinski definition) is 3. The lowest BCUT2D eigenvalue weighted by atomic mass is 10.1. The van der Waals surface area contributed by atoms with Gasteiger partial charge < -0.3 is 10.1 Å². The number of nitrogens with one attached hydrogen (secondary N) is 1. The Bertz CT molecular complexity index is 616. The zero-order valence-corrected chi connectivity index (χ0v) is 12.3. The molecule has 1 heterocycles. The molecule has 1 atom stereocenters. The standard InChI is InChI=1S/C15H17ClN2O2/c1-10(9-20-2)8-17-15(19)13-7-11-5-3-4-6-12(11)14(16)18-13/h3-7,10H,8-9H2,1-2H3,(H,17,19). The van der Waals surface area contributed by atoms with Gasteiger partial charge in [-0.25, -0.2) is 4.98 Å². The molecule has 0 spiro atoms. The molecule has 0 bridgehead atoms. The molecule has 4 nitrogen and oxygen atoms in total. The maximum absolute atomic E-state index is 12.1. The first-order valence-corrected chi connectivity index (χ1v) is 6.82. The molecule has 5 heteroatoms. The molecule has 0 saturated heterocycles. The van der Waals surface area contributed by atoms with E-state index in [0.29, 0.717) is 24.0 Å². The minimum absolute atomic E-state index is 0.222. The van der Waals surface area contributed by atoms with Crippen LogP contribution in [0.1, 0.15) is 17.4 Å². The Kier molecular flexibility index (Phi) is 4.93. The van der Waals surface area contributed by atoms with Gasteiger partial charge in [-0.1, -0.05) is 42.8 Å². The van der Waals surface area contributed by atoms with Gasteiger partial charge in [-0.3, -0.25) is 4.79 Å². The lowest BCUT2D eigenvalue weighted by Crippen LogP contribution is -2.30. The summed E-state index contributed by atoms with van der Waals surface area (Å²) in [6.45, 7) is 3.15. The molecular weight excluding hydrogens is 276 g/mol. The highest BCUT2D eigenvalue weighted by Crippen LogP contribution is 2.22. The van der Waals surface area contributed by atoms with Gasteiger partial charge in [0.05, 0.1) is 6.61 Å². The van der Waals surface area contributed by atoms with Crippen LogP contribution in [0.3, 0.4) is 0 Å². The number of hydrogen-bond donors (Lipinski definition) is 1. The molecule has 0 aliphatic heterocycles. The number of halogens is 1. The fourth-order valence-corrected chi connectivity index (χ4v) is 2.24. The summed E-state index contributed by atoms with van der Waals surface area (Å²) in [6, 6.07) is 9.33. The summed E-state index contributed by atoms with van der Waals surface area (Å²) in [4.78, 5) is 16.2. The van der Waals surface area contributed by atoms with E-state index < -0.39 is 0 Å². The van der Waals surface area contributed by atoms with Crippen LogP contribution in [-0.2, 0) is 4.74 Å². The summed E-state index contributed by atoms with van der Waals surface area (Å²) in [5, 5.41) is 4.93. The molecule has 0 saturated carbocycles. The Morgan fingerprint density at radius 2 is 2.20 bits per heavy atom. The highest BCUT2D eigenvalue weighted by molar-refractivity contribution is 6.34. The van der Waals surface area contributed by atoms with Crippen molar-refractivity contribution in [1.82, 2.24) is 10.3 Å². The molecule has 1 aromatic heterocycles. The summed E-state index contributed by atoms with van der Waals surface area (Å²) in [5.41, 5.74) is 0.332. The van der Waals surface area contributed by atoms with Gasteiger partial charge in [0.25, 0.3) is 5.91 Å². The molecule has 1 amide bonds. The van der Waals surface area contributed by atoms with Crippen LogP contribution < -0.4 is 5.32 Å². The van der Waals surface area contributed by atoms with Crippen molar-refractivity contribution >= 4 is 28.3 Å². The van der Waals surface area contributed by atoms with Crippen molar-refractivity contribution in [2.24, 2.45) is 5.92 Å². The van der Waals surface area contributed by atoms with E-state index >= 15 is 0 Å². The second-order valence-corrected chi connectivity index (χ2v) is 5.15. The van der Waals surface area contributed by atoms with Crippen molar-refractivity contribution in [1.29, 1.82) is 0 Å². The molecule has 0 aliphatic carbocycles. The minimum atomic E-state index is -0.222. The van der Waals surface area contributed by atoms with Crippen molar-refractivity contribution in [2.75, 3.05) is 20.3 Å². The Morgan fingerprint density at radius 3 is 2.95 bits per heavy atom. The molecule has 2 rings (SSSR count). The number of carbonyl (C=O) groups is 1. The summed E-state index contributed by atoms with van der Waals surface area (Å²) in [6.07, 6.45) is 0. The molecule has 106 valence electrons. The second kappa shape index (κ2) is 6.68. The van der Waals surface area contributed by atoms with Gasteiger partial charge in [0, 0.05) is 19.0 Å². The highest BCUT2D eigenvalue weighted by atomic mass is 35.5. The van der Waals surface area contributed by atoms with Crippen molar-refractivity contribution in [3.8, 4) is 0 Å².